The van der Waals surface area contributed by atoms with Crippen LogP contribution in [0.25, 0.3) is 0 Å². The maximum absolute atomic E-state index is 13.2. The molecule has 0 aliphatic rings. The normalized spacial score (nSPS) is 12.0. The Balaban J connectivity index is 2.24. The van der Waals surface area contributed by atoms with E-state index in [9.17, 15) is 9.59 Å². The fraction of sp³-hybridized carbons (Fsp3) is 0.391. The van der Waals surface area contributed by atoms with Crippen LogP contribution in [-0.2, 0) is 16.1 Å². The Morgan fingerprint density at radius 2 is 1.77 bits per heavy atom. The van der Waals surface area contributed by atoms with Crippen molar-refractivity contribution in [3.63, 3.8) is 0 Å². The van der Waals surface area contributed by atoms with Gasteiger partial charge in [0.05, 0.1) is 5.75 Å². The van der Waals surface area contributed by atoms with Crippen molar-refractivity contribution in [3.05, 3.63) is 63.6 Å². The van der Waals surface area contributed by atoms with Gasteiger partial charge in [-0.05, 0) is 57.0 Å². The Morgan fingerprint density at radius 3 is 2.33 bits per heavy atom. The van der Waals surface area contributed by atoms with E-state index in [0.717, 1.165) is 10.5 Å². The van der Waals surface area contributed by atoms with Crippen LogP contribution in [0, 0.1) is 6.92 Å². The summed E-state index contributed by atoms with van der Waals surface area (Å²) >= 11 is 13.8. The molecule has 0 spiro atoms. The second-order valence-electron chi connectivity index (χ2n) is 7.45. The van der Waals surface area contributed by atoms with E-state index in [2.05, 4.69) is 5.32 Å². The molecule has 30 heavy (non-hydrogen) atoms. The first-order valence-corrected chi connectivity index (χ1v) is 11.7. The summed E-state index contributed by atoms with van der Waals surface area (Å²) in [5, 5.41) is 3.93. The van der Waals surface area contributed by atoms with Crippen molar-refractivity contribution in [1.29, 1.82) is 0 Å². The number of carbonyl (C=O) groups is 2. The number of hydrogen-bond donors (Lipinski definition) is 1. The van der Waals surface area contributed by atoms with Gasteiger partial charge in [0, 0.05) is 27.5 Å². The van der Waals surface area contributed by atoms with Crippen LogP contribution in [0.1, 0.15) is 38.3 Å². The van der Waals surface area contributed by atoms with E-state index in [-0.39, 0.29) is 30.2 Å². The zero-order chi connectivity index (χ0) is 22.3. The number of rotatable bonds is 9. The summed E-state index contributed by atoms with van der Waals surface area (Å²) in [6, 6.07) is 12.6. The first-order chi connectivity index (χ1) is 14.2. The Bertz CT molecular complexity index is 872. The van der Waals surface area contributed by atoms with E-state index >= 15 is 0 Å². The number of carbonyl (C=O) groups excluding carboxylic acids is 2. The molecule has 2 rings (SSSR count). The lowest BCUT2D eigenvalue weighted by Gasteiger charge is -2.31. The highest BCUT2D eigenvalue weighted by molar-refractivity contribution is 8.00. The molecule has 4 nitrogen and oxygen atoms in total. The summed E-state index contributed by atoms with van der Waals surface area (Å²) < 4.78 is 0. The van der Waals surface area contributed by atoms with Gasteiger partial charge in [0.25, 0.3) is 0 Å². The molecule has 162 valence electrons. The van der Waals surface area contributed by atoms with Crippen molar-refractivity contribution >= 4 is 46.8 Å². The van der Waals surface area contributed by atoms with Gasteiger partial charge in [-0.2, -0.15) is 0 Å². The van der Waals surface area contributed by atoms with Gasteiger partial charge < -0.3 is 10.2 Å². The average Bonchev–Trinajstić information content (AvgIpc) is 2.68. The lowest BCUT2D eigenvalue weighted by molar-refractivity contribution is -0.139. The Morgan fingerprint density at radius 1 is 1.10 bits per heavy atom. The van der Waals surface area contributed by atoms with Crippen LogP contribution in [0.4, 0.5) is 0 Å². The monoisotopic (exact) mass is 466 g/mol. The molecule has 0 fully saturated rings. The van der Waals surface area contributed by atoms with Crippen LogP contribution in [0.5, 0.6) is 0 Å². The Kier molecular flexibility index (Phi) is 9.53. The molecule has 0 heterocycles. The van der Waals surface area contributed by atoms with E-state index in [4.69, 9.17) is 23.2 Å². The van der Waals surface area contributed by atoms with Crippen LogP contribution in [0.15, 0.2) is 47.4 Å². The molecule has 0 saturated carbocycles. The van der Waals surface area contributed by atoms with E-state index in [1.54, 1.807) is 23.1 Å². The molecule has 1 atom stereocenters. The van der Waals surface area contributed by atoms with Crippen molar-refractivity contribution in [3.8, 4) is 0 Å². The Hall–Kier alpha value is -1.69. The predicted octanol–water partition coefficient (Wildman–Crippen LogP) is 5.73. The van der Waals surface area contributed by atoms with Crippen molar-refractivity contribution in [2.45, 2.75) is 57.6 Å². The van der Waals surface area contributed by atoms with Gasteiger partial charge >= 0.3 is 0 Å². The number of nitrogens with one attached hydrogen (secondary N) is 1. The summed E-state index contributed by atoms with van der Waals surface area (Å²) in [5.74, 6) is -0.0386. The van der Waals surface area contributed by atoms with Crippen LogP contribution in [0.2, 0.25) is 10.0 Å². The van der Waals surface area contributed by atoms with Gasteiger partial charge in [0.2, 0.25) is 11.8 Å². The maximum Gasteiger partial charge on any atom is 0.243 e. The highest BCUT2D eigenvalue weighted by atomic mass is 35.5. The molecule has 0 radical (unpaired) electrons. The van der Waals surface area contributed by atoms with Gasteiger partial charge in [-0.25, -0.2) is 0 Å². The SMILES string of the molecule is CCC(C(=O)NC(C)C)N(Cc1ccc(Cl)cc1Cl)C(=O)CSc1ccc(C)cc1. The van der Waals surface area contributed by atoms with Gasteiger partial charge in [-0.1, -0.05) is 53.9 Å². The molecule has 0 aliphatic carbocycles. The first-order valence-electron chi connectivity index (χ1n) is 9.94. The van der Waals surface area contributed by atoms with Gasteiger partial charge in [0.15, 0.2) is 0 Å². The number of hydrogen-bond acceptors (Lipinski definition) is 3. The molecule has 2 aromatic carbocycles. The molecule has 0 bridgehead atoms. The zero-order valence-electron chi connectivity index (χ0n) is 17.7. The summed E-state index contributed by atoms with van der Waals surface area (Å²) in [5.41, 5.74) is 1.92. The lowest BCUT2D eigenvalue weighted by Crippen LogP contribution is -2.51. The third kappa shape index (κ3) is 7.22. The van der Waals surface area contributed by atoms with Crippen molar-refractivity contribution in [2.24, 2.45) is 0 Å². The largest absolute Gasteiger partial charge is 0.352 e. The minimum atomic E-state index is -0.578. The second-order valence-corrected chi connectivity index (χ2v) is 9.34. The number of benzene rings is 2. The highest BCUT2D eigenvalue weighted by Gasteiger charge is 2.29. The topological polar surface area (TPSA) is 49.4 Å². The molecular formula is C23H28Cl2N2O2S. The molecule has 7 heteroatoms. The smallest absolute Gasteiger partial charge is 0.243 e. The van der Waals surface area contributed by atoms with Gasteiger partial charge in [-0.3, -0.25) is 9.59 Å². The summed E-state index contributed by atoms with van der Waals surface area (Å²) in [7, 11) is 0. The van der Waals surface area contributed by atoms with E-state index < -0.39 is 6.04 Å². The molecule has 2 aromatic rings. The first kappa shape index (κ1) is 24.6. The van der Waals surface area contributed by atoms with Crippen LogP contribution >= 0.6 is 35.0 Å². The fourth-order valence-electron chi connectivity index (χ4n) is 3.00. The van der Waals surface area contributed by atoms with E-state index in [1.165, 1.54) is 17.3 Å². The standard InChI is InChI=1S/C23H28Cl2N2O2S/c1-5-21(23(29)26-15(2)3)27(13-17-8-9-18(24)12-20(17)25)22(28)14-30-19-10-6-16(4)7-11-19/h6-12,15,21H,5,13-14H2,1-4H3,(H,26,29). The minimum Gasteiger partial charge on any atom is -0.352 e. The van der Waals surface area contributed by atoms with Crippen molar-refractivity contribution in [1.82, 2.24) is 10.2 Å². The Labute approximate surface area is 193 Å². The van der Waals surface area contributed by atoms with Crippen molar-refractivity contribution in [2.75, 3.05) is 5.75 Å². The number of thioether (sulfide) groups is 1. The summed E-state index contributed by atoms with van der Waals surface area (Å²) in [6.45, 7) is 7.98. The quantitative estimate of drug-likeness (QED) is 0.480. The number of amides is 2. The molecule has 0 aromatic heterocycles. The van der Waals surface area contributed by atoms with E-state index in [0.29, 0.717) is 16.5 Å². The molecule has 0 saturated heterocycles. The lowest BCUT2D eigenvalue weighted by atomic mass is 10.1. The average molecular weight is 467 g/mol. The van der Waals surface area contributed by atoms with Crippen molar-refractivity contribution < 1.29 is 9.59 Å². The molecule has 1 N–H and O–H groups in total. The van der Waals surface area contributed by atoms with Gasteiger partial charge in [0.1, 0.15) is 6.04 Å². The maximum atomic E-state index is 13.2. The van der Waals surface area contributed by atoms with Crippen LogP contribution in [0.3, 0.4) is 0 Å². The third-order valence-corrected chi connectivity index (χ3v) is 6.14. The third-order valence-electron chi connectivity index (χ3n) is 4.56. The zero-order valence-corrected chi connectivity index (χ0v) is 20.1. The fourth-order valence-corrected chi connectivity index (χ4v) is 4.25. The number of nitrogens with zero attached hydrogens (tertiary/aromatic N) is 1. The minimum absolute atomic E-state index is 0.00967. The molecular weight excluding hydrogens is 439 g/mol. The summed E-state index contributed by atoms with van der Waals surface area (Å²) in [4.78, 5) is 28.6. The van der Waals surface area contributed by atoms with Gasteiger partial charge in [-0.15, -0.1) is 11.8 Å². The van der Waals surface area contributed by atoms with Crippen LogP contribution in [-0.4, -0.2) is 34.6 Å². The second kappa shape index (κ2) is 11.6. The number of aryl methyl sites for hydroxylation is 1. The molecule has 2 amide bonds. The summed E-state index contributed by atoms with van der Waals surface area (Å²) in [6.07, 6.45) is 0.505. The molecule has 0 aliphatic heterocycles. The highest BCUT2D eigenvalue weighted by Crippen LogP contribution is 2.25. The van der Waals surface area contributed by atoms with Crippen LogP contribution < -0.4 is 5.32 Å². The van der Waals surface area contributed by atoms with E-state index in [1.807, 2.05) is 52.0 Å². The number of halogens is 2. The predicted molar refractivity (Wildman–Crippen MR) is 126 cm³/mol. The molecule has 1 unspecified atom stereocenters.